The molecule has 1 nitrogen and oxygen atoms in total. The molecule has 0 bridgehead atoms. The Labute approximate surface area is 85.6 Å². The first kappa shape index (κ1) is 9.93. The second-order valence-corrected chi connectivity index (χ2v) is 3.99. The fraction of sp³-hybridized carbons (Fsp3) is 0.333. The molecule has 0 N–H and O–H groups in total. The number of halogens is 1. The van der Waals surface area contributed by atoms with Gasteiger partial charge in [0.2, 0.25) is 0 Å². The molecule has 1 aromatic carbocycles. The molecule has 0 saturated carbocycles. The maximum Gasteiger partial charge on any atom is 0.132 e. The van der Waals surface area contributed by atoms with E-state index in [1.807, 2.05) is 25.3 Å². The van der Waals surface area contributed by atoms with Crippen LogP contribution in [-0.4, -0.2) is 12.9 Å². The van der Waals surface area contributed by atoms with Crippen molar-refractivity contribution < 1.29 is 4.74 Å². The minimum Gasteiger partial charge on any atom is -0.493 e. The topological polar surface area (TPSA) is 9.23 Å². The second kappa shape index (κ2) is 4.77. The zero-order chi connectivity index (χ0) is 8.97. The molecule has 12 heavy (non-hydrogen) atoms. The highest BCUT2D eigenvalue weighted by Crippen LogP contribution is 2.30. The number of ether oxygens (including phenoxy) is 1. The summed E-state index contributed by atoms with van der Waals surface area (Å²) in [6.45, 7) is 2.71. The van der Waals surface area contributed by atoms with Gasteiger partial charge < -0.3 is 4.74 Å². The van der Waals surface area contributed by atoms with E-state index in [1.54, 1.807) is 11.8 Å². The zero-order valence-electron chi connectivity index (χ0n) is 7.13. The minimum atomic E-state index is 0.717. The van der Waals surface area contributed by atoms with Crippen LogP contribution in [0.2, 0.25) is 0 Å². The van der Waals surface area contributed by atoms with Gasteiger partial charge in [-0.15, -0.1) is 11.8 Å². The van der Waals surface area contributed by atoms with Gasteiger partial charge in [0.05, 0.1) is 11.5 Å². The van der Waals surface area contributed by atoms with Crippen LogP contribution in [0.4, 0.5) is 0 Å². The Hall–Kier alpha value is -0.150. The molecule has 0 heterocycles. The molecule has 1 aromatic rings. The van der Waals surface area contributed by atoms with Gasteiger partial charge in [-0.1, -0.05) is 15.9 Å². The van der Waals surface area contributed by atoms with Crippen LogP contribution in [0, 0.1) is 0 Å². The average molecular weight is 247 g/mol. The van der Waals surface area contributed by atoms with Crippen molar-refractivity contribution in [1.29, 1.82) is 0 Å². The standard InChI is InChI=1S/C9H11BrOS/c1-3-11-8-5-4-7(10)6-9(8)12-2/h4-6H,3H2,1-2H3. The van der Waals surface area contributed by atoms with Crippen molar-refractivity contribution in [2.45, 2.75) is 11.8 Å². The van der Waals surface area contributed by atoms with E-state index in [9.17, 15) is 0 Å². The van der Waals surface area contributed by atoms with Crippen LogP contribution < -0.4 is 4.74 Å². The van der Waals surface area contributed by atoms with Crippen molar-refractivity contribution >= 4 is 27.7 Å². The molecule has 0 saturated heterocycles. The third kappa shape index (κ3) is 2.42. The Morgan fingerprint density at radius 1 is 1.50 bits per heavy atom. The predicted molar refractivity (Wildman–Crippen MR) is 57.1 cm³/mol. The summed E-state index contributed by atoms with van der Waals surface area (Å²) in [7, 11) is 0. The third-order valence-electron chi connectivity index (χ3n) is 1.43. The van der Waals surface area contributed by atoms with Gasteiger partial charge in [0.1, 0.15) is 5.75 Å². The van der Waals surface area contributed by atoms with Crippen molar-refractivity contribution in [2.75, 3.05) is 12.9 Å². The molecular weight excluding hydrogens is 236 g/mol. The molecule has 0 radical (unpaired) electrons. The van der Waals surface area contributed by atoms with Crippen LogP contribution in [0.3, 0.4) is 0 Å². The van der Waals surface area contributed by atoms with E-state index in [0.29, 0.717) is 0 Å². The van der Waals surface area contributed by atoms with Crippen LogP contribution in [0.15, 0.2) is 27.6 Å². The van der Waals surface area contributed by atoms with E-state index in [0.717, 1.165) is 16.8 Å². The summed E-state index contributed by atoms with van der Waals surface area (Å²) >= 11 is 5.11. The molecule has 0 fully saturated rings. The predicted octanol–water partition coefficient (Wildman–Crippen LogP) is 3.57. The summed E-state index contributed by atoms with van der Waals surface area (Å²) in [5.41, 5.74) is 0. The van der Waals surface area contributed by atoms with Crippen LogP contribution in [-0.2, 0) is 0 Å². The maximum atomic E-state index is 5.44. The summed E-state index contributed by atoms with van der Waals surface area (Å²) in [5.74, 6) is 0.966. The van der Waals surface area contributed by atoms with E-state index in [4.69, 9.17) is 4.74 Å². The normalized spacial score (nSPS) is 9.92. The summed E-state index contributed by atoms with van der Waals surface area (Å²) in [6, 6.07) is 6.04. The monoisotopic (exact) mass is 246 g/mol. The molecule has 0 aromatic heterocycles. The highest BCUT2D eigenvalue weighted by atomic mass is 79.9. The van der Waals surface area contributed by atoms with Crippen molar-refractivity contribution in [3.63, 3.8) is 0 Å². The lowest BCUT2D eigenvalue weighted by molar-refractivity contribution is 0.332. The SMILES string of the molecule is CCOc1ccc(Br)cc1SC. The summed E-state index contributed by atoms with van der Waals surface area (Å²) in [6.07, 6.45) is 2.05. The first-order chi connectivity index (χ1) is 5.77. The Kier molecular flexibility index (Phi) is 3.95. The summed E-state index contributed by atoms with van der Waals surface area (Å²) in [5, 5.41) is 0. The lowest BCUT2D eigenvalue weighted by Crippen LogP contribution is -1.92. The van der Waals surface area contributed by atoms with E-state index < -0.39 is 0 Å². The van der Waals surface area contributed by atoms with Gasteiger partial charge in [0, 0.05) is 4.47 Å². The molecule has 0 spiro atoms. The Balaban J connectivity index is 2.94. The molecule has 66 valence electrons. The molecular formula is C9H11BrOS. The highest BCUT2D eigenvalue weighted by Gasteiger charge is 2.01. The van der Waals surface area contributed by atoms with Crippen molar-refractivity contribution in [3.8, 4) is 5.75 Å². The highest BCUT2D eigenvalue weighted by molar-refractivity contribution is 9.10. The molecule has 3 heteroatoms. The lowest BCUT2D eigenvalue weighted by Gasteiger charge is -2.07. The molecule has 0 unspecified atom stereocenters. The quantitative estimate of drug-likeness (QED) is 0.755. The number of benzene rings is 1. The molecule has 0 aliphatic heterocycles. The van der Waals surface area contributed by atoms with Crippen molar-refractivity contribution in [2.24, 2.45) is 0 Å². The molecule has 0 aliphatic rings. The third-order valence-corrected chi connectivity index (χ3v) is 2.68. The van der Waals surface area contributed by atoms with Crippen LogP contribution in [0.5, 0.6) is 5.75 Å². The lowest BCUT2D eigenvalue weighted by atomic mass is 10.3. The van der Waals surface area contributed by atoms with Gasteiger partial charge in [-0.2, -0.15) is 0 Å². The zero-order valence-corrected chi connectivity index (χ0v) is 9.54. The van der Waals surface area contributed by atoms with Crippen LogP contribution >= 0.6 is 27.7 Å². The van der Waals surface area contributed by atoms with E-state index in [2.05, 4.69) is 22.0 Å². The van der Waals surface area contributed by atoms with Crippen LogP contribution in [0.1, 0.15) is 6.92 Å². The van der Waals surface area contributed by atoms with Crippen molar-refractivity contribution in [3.05, 3.63) is 22.7 Å². The first-order valence-electron chi connectivity index (χ1n) is 3.74. The number of thioether (sulfide) groups is 1. The van der Waals surface area contributed by atoms with Gasteiger partial charge in [0.25, 0.3) is 0 Å². The fourth-order valence-corrected chi connectivity index (χ4v) is 2.00. The minimum absolute atomic E-state index is 0.717. The molecule has 0 aliphatic carbocycles. The maximum absolute atomic E-state index is 5.44. The molecule has 0 amide bonds. The number of hydrogen-bond acceptors (Lipinski definition) is 2. The Morgan fingerprint density at radius 2 is 2.25 bits per heavy atom. The van der Waals surface area contributed by atoms with E-state index in [-0.39, 0.29) is 0 Å². The fourth-order valence-electron chi connectivity index (χ4n) is 0.916. The number of hydrogen-bond donors (Lipinski definition) is 0. The summed E-state index contributed by atoms with van der Waals surface area (Å²) < 4.78 is 6.53. The second-order valence-electron chi connectivity index (χ2n) is 2.23. The van der Waals surface area contributed by atoms with Crippen molar-refractivity contribution in [1.82, 2.24) is 0 Å². The number of rotatable bonds is 3. The van der Waals surface area contributed by atoms with E-state index >= 15 is 0 Å². The summed E-state index contributed by atoms with van der Waals surface area (Å²) in [4.78, 5) is 1.17. The van der Waals surface area contributed by atoms with Gasteiger partial charge in [-0.25, -0.2) is 0 Å². The largest absolute Gasteiger partial charge is 0.493 e. The van der Waals surface area contributed by atoms with Crippen LogP contribution in [0.25, 0.3) is 0 Å². The van der Waals surface area contributed by atoms with E-state index in [1.165, 1.54) is 4.90 Å². The molecule has 1 rings (SSSR count). The Bertz CT molecular complexity index is 263. The first-order valence-corrected chi connectivity index (χ1v) is 5.76. The van der Waals surface area contributed by atoms with Gasteiger partial charge in [-0.3, -0.25) is 0 Å². The average Bonchev–Trinajstić information content (AvgIpc) is 2.08. The van der Waals surface area contributed by atoms with Gasteiger partial charge in [-0.05, 0) is 31.4 Å². The van der Waals surface area contributed by atoms with Gasteiger partial charge >= 0.3 is 0 Å². The smallest absolute Gasteiger partial charge is 0.132 e. The molecule has 0 atom stereocenters. The van der Waals surface area contributed by atoms with Gasteiger partial charge in [0.15, 0.2) is 0 Å². The Morgan fingerprint density at radius 3 is 2.83 bits per heavy atom.